The molecule has 0 N–H and O–H groups in total. The van der Waals surface area contributed by atoms with Crippen LogP contribution in [0.15, 0.2) is 253 Å². The van der Waals surface area contributed by atoms with Gasteiger partial charge in [0.25, 0.3) is 0 Å². The van der Waals surface area contributed by atoms with Crippen molar-refractivity contribution in [2.24, 2.45) is 0 Å². The summed E-state index contributed by atoms with van der Waals surface area (Å²) in [7, 11) is 0. The smallest absolute Gasteiger partial charge is 0.143 e. The van der Waals surface area contributed by atoms with E-state index in [1.165, 1.54) is 71.1 Å². The second kappa shape index (κ2) is 15.5. The molecule has 66 heavy (non-hydrogen) atoms. The topological polar surface area (TPSA) is 16.4 Å². The van der Waals surface area contributed by atoms with Gasteiger partial charge in [0.1, 0.15) is 11.2 Å². The number of furan rings is 1. The second-order valence-corrected chi connectivity index (χ2v) is 17.1. The number of nitrogens with zero attached hydrogens (tertiary/aromatic N) is 1. The van der Waals surface area contributed by atoms with E-state index in [9.17, 15) is 0 Å². The lowest BCUT2D eigenvalue weighted by molar-refractivity contribution is 0.674. The Bertz CT molecular complexity index is 3970. The highest BCUT2D eigenvalue weighted by molar-refractivity contribution is 6.22. The van der Waals surface area contributed by atoms with Gasteiger partial charge in [-0.05, 0) is 107 Å². The Kier molecular flexibility index (Phi) is 8.89. The lowest BCUT2D eigenvalue weighted by atomic mass is 9.85. The van der Waals surface area contributed by atoms with Crippen LogP contribution in [0.3, 0.4) is 0 Å². The van der Waals surface area contributed by atoms with Crippen LogP contribution in [0, 0.1) is 0 Å². The van der Waals surface area contributed by atoms with Crippen LogP contribution >= 0.6 is 0 Å². The fraction of sp³-hybridized carbons (Fsp3) is 0. The van der Waals surface area contributed by atoms with Crippen molar-refractivity contribution in [2.75, 3.05) is 4.90 Å². The van der Waals surface area contributed by atoms with Gasteiger partial charge in [-0.1, -0.05) is 212 Å². The first-order valence-electron chi connectivity index (χ1n) is 22.7. The zero-order valence-electron chi connectivity index (χ0n) is 36.0. The Morgan fingerprint density at radius 3 is 1.39 bits per heavy atom. The predicted octanol–water partition coefficient (Wildman–Crippen LogP) is 18.3. The predicted molar refractivity (Wildman–Crippen MR) is 280 cm³/mol. The van der Waals surface area contributed by atoms with Gasteiger partial charge < -0.3 is 9.32 Å². The van der Waals surface area contributed by atoms with Crippen molar-refractivity contribution in [3.63, 3.8) is 0 Å². The molecular formula is C64H41NO. The van der Waals surface area contributed by atoms with Gasteiger partial charge in [0.05, 0.1) is 5.69 Å². The number of fused-ring (bicyclic) bond motifs is 9. The third-order valence-corrected chi connectivity index (χ3v) is 13.5. The highest BCUT2D eigenvalue weighted by Gasteiger charge is 2.23. The van der Waals surface area contributed by atoms with Gasteiger partial charge >= 0.3 is 0 Å². The molecule has 13 aromatic rings. The monoisotopic (exact) mass is 839 g/mol. The van der Waals surface area contributed by atoms with E-state index in [-0.39, 0.29) is 0 Å². The molecule has 13 rings (SSSR count). The summed E-state index contributed by atoms with van der Waals surface area (Å²) >= 11 is 0. The first-order chi connectivity index (χ1) is 32.8. The minimum Gasteiger partial charge on any atom is -0.455 e. The van der Waals surface area contributed by atoms with Crippen LogP contribution in [-0.4, -0.2) is 0 Å². The number of anilines is 3. The molecule has 0 atom stereocenters. The van der Waals surface area contributed by atoms with Crippen LogP contribution in [0.5, 0.6) is 0 Å². The summed E-state index contributed by atoms with van der Waals surface area (Å²) in [5.41, 5.74) is 14.3. The van der Waals surface area contributed by atoms with Crippen LogP contribution in [0.1, 0.15) is 0 Å². The summed E-state index contributed by atoms with van der Waals surface area (Å²) in [6.45, 7) is 0. The van der Waals surface area contributed by atoms with E-state index in [4.69, 9.17) is 4.42 Å². The molecule has 0 fully saturated rings. The average molecular weight is 840 g/mol. The van der Waals surface area contributed by atoms with Crippen molar-refractivity contribution in [2.45, 2.75) is 0 Å². The molecule has 0 aliphatic heterocycles. The van der Waals surface area contributed by atoms with Crippen LogP contribution in [0.2, 0.25) is 0 Å². The van der Waals surface area contributed by atoms with Gasteiger partial charge in [-0.15, -0.1) is 0 Å². The van der Waals surface area contributed by atoms with E-state index in [0.717, 1.165) is 55.5 Å². The van der Waals surface area contributed by atoms with Crippen molar-refractivity contribution < 1.29 is 4.42 Å². The largest absolute Gasteiger partial charge is 0.455 e. The maximum atomic E-state index is 6.96. The summed E-state index contributed by atoms with van der Waals surface area (Å²) in [5.74, 6) is 0. The summed E-state index contributed by atoms with van der Waals surface area (Å²) in [5, 5.41) is 12.0. The Hall–Kier alpha value is -8.72. The first kappa shape index (κ1) is 37.8. The minimum atomic E-state index is 0.884. The Labute approximate surface area is 382 Å². The summed E-state index contributed by atoms with van der Waals surface area (Å²) in [6.07, 6.45) is 0. The molecule has 1 heterocycles. The molecule has 308 valence electrons. The van der Waals surface area contributed by atoms with E-state index in [1.54, 1.807) is 0 Å². The summed E-state index contributed by atoms with van der Waals surface area (Å²) in [6, 6.07) is 90.1. The first-order valence-corrected chi connectivity index (χ1v) is 22.7. The highest BCUT2D eigenvalue weighted by Crippen LogP contribution is 2.48. The lowest BCUT2D eigenvalue weighted by Gasteiger charge is -2.28. The van der Waals surface area contributed by atoms with E-state index < -0.39 is 0 Å². The normalized spacial score (nSPS) is 11.6. The Morgan fingerprint density at radius 1 is 0.242 bits per heavy atom. The molecule has 2 heteroatoms. The van der Waals surface area contributed by atoms with E-state index in [2.05, 4.69) is 254 Å². The Balaban J connectivity index is 1.01. The molecule has 0 saturated carbocycles. The van der Waals surface area contributed by atoms with Crippen LogP contribution in [0.25, 0.3) is 110 Å². The number of hydrogen-bond acceptors (Lipinski definition) is 2. The fourth-order valence-corrected chi connectivity index (χ4v) is 10.5. The van der Waals surface area contributed by atoms with Crippen molar-refractivity contribution in [3.8, 4) is 44.5 Å². The van der Waals surface area contributed by atoms with Crippen molar-refractivity contribution in [3.05, 3.63) is 249 Å². The lowest BCUT2D eigenvalue weighted by Crippen LogP contribution is -2.11. The van der Waals surface area contributed by atoms with Gasteiger partial charge in [0, 0.05) is 38.7 Å². The fourth-order valence-electron chi connectivity index (χ4n) is 10.5. The molecule has 0 saturated heterocycles. The van der Waals surface area contributed by atoms with Crippen molar-refractivity contribution in [1.29, 1.82) is 0 Å². The minimum absolute atomic E-state index is 0.884. The number of hydrogen-bond donors (Lipinski definition) is 0. The molecule has 12 aromatic carbocycles. The third-order valence-electron chi connectivity index (χ3n) is 13.5. The maximum absolute atomic E-state index is 6.96. The number of benzene rings is 12. The van der Waals surface area contributed by atoms with Crippen molar-refractivity contribution in [1.82, 2.24) is 0 Å². The van der Waals surface area contributed by atoms with E-state index >= 15 is 0 Å². The van der Waals surface area contributed by atoms with Gasteiger partial charge in [-0.3, -0.25) is 0 Å². The molecule has 0 spiro atoms. The second-order valence-electron chi connectivity index (χ2n) is 17.1. The average Bonchev–Trinajstić information content (AvgIpc) is 3.79. The van der Waals surface area contributed by atoms with Crippen molar-refractivity contribution >= 4 is 82.1 Å². The molecule has 0 aliphatic rings. The quantitative estimate of drug-likeness (QED) is 0.149. The molecule has 0 amide bonds. The number of rotatable bonds is 7. The molecule has 0 radical (unpaired) electrons. The highest BCUT2D eigenvalue weighted by atomic mass is 16.3. The number of para-hydroxylation sites is 2. The standard InChI is InChI=1S/C64H41NO/c1-2-18-45(19-3-1)61-55-26-10-8-23-52(55)53-24-9-11-27-56(53)62(61)46-34-39-48(40-35-46)65(47-37-32-44(33-38-47)50-28-14-20-42-16-4-6-21-49(42)50)60-31-13-12-25-54(60)57-29-15-30-58-59-41-36-43-17-5-7-22-51(43)63(59)66-64(57)58/h1-41H. The Morgan fingerprint density at radius 2 is 0.697 bits per heavy atom. The van der Waals surface area contributed by atoms with E-state index in [1.807, 2.05) is 0 Å². The van der Waals surface area contributed by atoms with Crippen LogP contribution in [0.4, 0.5) is 17.1 Å². The van der Waals surface area contributed by atoms with Gasteiger partial charge in [0.15, 0.2) is 0 Å². The SMILES string of the molecule is c1ccc(-c2c(-c3ccc(N(c4ccc(-c5cccc6ccccc56)cc4)c4ccccc4-c4cccc5c4oc4c6ccccc6ccc54)cc3)c3ccccc3c3ccccc23)cc1. The molecule has 1 aromatic heterocycles. The van der Waals surface area contributed by atoms with Gasteiger partial charge in [-0.25, -0.2) is 0 Å². The third kappa shape index (κ3) is 6.11. The molecule has 0 aliphatic carbocycles. The van der Waals surface area contributed by atoms with Crippen LogP contribution in [-0.2, 0) is 0 Å². The zero-order valence-corrected chi connectivity index (χ0v) is 36.0. The van der Waals surface area contributed by atoms with E-state index in [0.29, 0.717) is 0 Å². The molecular weight excluding hydrogens is 799 g/mol. The molecule has 2 nitrogen and oxygen atoms in total. The van der Waals surface area contributed by atoms with Crippen LogP contribution < -0.4 is 4.90 Å². The molecule has 0 bridgehead atoms. The summed E-state index contributed by atoms with van der Waals surface area (Å²) < 4.78 is 6.96. The molecule has 0 unspecified atom stereocenters. The zero-order chi connectivity index (χ0) is 43.6. The summed E-state index contributed by atoms with van der Waals surface area (Å²) in [4.78, 5) is 2.40. The van der Waals surface area contributed by atoms with Gasteiger partial charge in [0.2, 0.25) is 0 Å². The maximum Gasteiger partial charge on any atom is 0.143 e. The van der Waals surface area contributed by atoms with Gasteiger partial charge in [-0.2, -0.15) is 0 Å².